The second-order valence-electron chi connectivity index (χ2n) is 12.4. The fraction of sp³-hybridized carbons (Fsp3) is 0.469. The van der Waals surface area contributed by atoms with Gasteiger partial charge in [0.25, 0.3) is 0 Å². The van der Waals surface area contributed by atoms with E-state index in [0.717, 1.165) is 32.9 Å². The monoisotopic (exact) mass is 592 g/mol. The molecule has 11 heteroatoms. The fourth-order valence-corrected chi connectivity index (χ4v) is 7.69. The topological polar surface area (TPSA) is 172 Å². The smallest absolute Gasteiger partial charge is 0.209 e. The molecular formula is C32H36N2O9. The summed E-state index contributed by atoms with van der Waals surface area (Å²) in [4.78, 5) is 43.9. The summed E-state index contributed by atoms with van der Waals surface area (Å²) in [6, 6.07) is 5.60. The third kappa shape index (κ3) is 4.06. The van der Waals surface area contributed by atoms with E-state index in [-0.39, 0.29) is 16.9 Å². The summed E-state index contributed by atoms with van der Waals surface area (Å²) in [6.07, 6.45) is 0.653. The van der Waals surface area contributed by atoms with Crippen LogP contribution in [0.3, 0.4) is 0 Å². The molecule has 0 radical (unpaired) electrons. The summed E-state index contributed by atoms with van der Waals surface area (Å²) in [5, 5.41) is 57.7. The van der Waals surface area contributed by atoms with Crippen molar-refractivity contribution in [2.24, 2.45) is 11.8 Å². The molecule has 5 N–H and O–H groups in total. The minimum absolute atomic E-state index is 0.132. The number of hydrogen-bond donors (Lipinski definition) is 5. The molecule has 0 amide bonds. The van der Waals surface area contributed by atoms with Gasteiger partial charge in [-0.25, -0.2) is 0 Å². The lowest BCUT2D eigenvalue weighted by Crippen LogP contribution is -2.68. The van der Waals surface area contributed by atoms with Crippen molar-refractivity contribution < 1.29 is 44.3 Å². The molecule has 6 rings (SSSR count). The van der Waals surface area contributed by atoms with Gasteiger partial charge in [-0.2, -0.15) is 0 Å². The zero-order valence-electron chi connectivity index (χ0n) is 24.5. The van der Waals surface area contributed by atoms with Crippen molar-refractivity contribution in [1.82, 2.24) is 9.80 Å². The fourth-order valence-electron chi connectivity index (χ4n) is 7.69. The van der Waals surface area contributed by atoms with Gasteiger partial charge in [0.05, 0.1) is 35.7 Å². The summed E-state index contributed by atoms with van der Waals surface area (Å²) in [7, 11) is 3.07. The van der Waals surface area contributed by atoms with Crippen LogP contribution in [0.5, 0.6) is 5.75 Å². The van der Waals surface area contributed by atoms with E-state index in [4.69, 9.17) is 4.42 Å². The Labute approximate surface area is 248 Å². The summed E-state index contributed by atoms with van der Waals surface area (Å²) in [5.41, 5.74) is -3.46. The van der Waals surface area contributed by atoms with Gasteiger partial charge in [-0.1, -0.05) is 13.0 Å². The standard InChI is InChI=1S/C32H36N2O9/c1-14-17-8-9-18(19-10-7-16(43-19)13-34-11-5-6-12-34)26(36)22(17)27(37)23-20(14)28(38)24-25(33(3)4)29(39)21(15(2)35)30(40)32(24,42)31(23)41/h7-10,14,20,24-25,28,36,38-39,41-42H,5-6,11-13H2,1-4H3/t14-,20+,24+,25-,28-,32+/m0/s1. The SMILES string of the molecule is CC(=O)C1=C(O)[C@@H](N(C)C)[C@@H]2[C@@H](O)[C@H]3C(=C(O)[C@]2(O)C1=O)C(=O)c1c(ccc(-c2ccc(CN4CCCC4)o2)c1O)[C@@H]3C. The number of phenolic OH excluding ortho intramolecular Hbond substituents is 1. The lowest BCUT2D eigenvalue weighted by atomic mass is 9.55. The summed E-state index contributed by atoms with van der Waals surface area (Å²) >= 11 is 0. The normalized spacial score (nSPS) is 31.0. The first kappa shape index (κ1) is 29.3. The molecule has 228 valence electrons. The van der Waals surface area contributed by atoms with Crippen LogP contribution in [0.15, 0.2) is 51.3 Å². The first-order chi connectivity index (χ1) is 20.3. The highest BCUT2D eigenvalue weighted by Gasteiger charge is 2.67. The second kappa shape index (κ2) is 10.2. The summed E-state index contributed by atoms with van der Waals surface area (Å²) < 4.78 is 6.03. The van der Waals surface area contributed by atoms with E-state index in [9.17, 15) is 39.9 Å². The first-order valence-corrected chi connectivity index (χ1v) is 14.5. The minimum atomic E-state index is -2.88. The number of benzene rings is 1. The number of nitrogens with zero attached hydrogens (tertiary/aromatic N) is 2. The average Bonchev–Trinajstić information content (AvgIpc) is 3.63. The Morgan fingerprint density at radius 2 is 1.77 bits per heavy atom. The van der Waals surface area contributed by atoms with E-state index in [1.54, 1.807) is 25.1 Å². The maximum atomic E-state index is 14.1. The highest BCUT2D eigenvalue weighted by atomic mass is 16.4. The van der Waals surface area contributed by atoms with Gasteiger partial charge in [-0.3, -0.25) is 24.2 Å². The molecule has 3 aliphatic carbocycles. The van der Waals surface area contributed by atoms with E-state index >= 15 is 0 Å². The number of hydrogen-bond acceptors (Lipinski definition) is 11. The molecule has 6 atom stereocenters. The van der Waals surface area contributed by atoms with Gasteiger partial charge in [0, 0.05) is 11.5 Å². The lowest BCUT2D eigenvalue weighted by molar-refractivity contribution is -0.162. The zero-order chi connectivity index (χ0) is 31.1. The number of furan rings is 1. The van der Waals surface area contributed by atoms with Crippen LogP contribution in [0.1, 0.15) is 54.3 Å². The second-order valence-corrected chi connectivity index (χ2v) is 12.4. The number of carbonyl (C=O) groups excluding carboxylic acids is 3. The van der Waals surface area contributed by atoms with Crippen LogP contribution < -0.4 is 0 Å². The third-order valence-corrected chi connectivity index (χ3v) is 9.74. The Balaban J connectivity index is 1.48. The van der Waals surface area contributed by atoms with Crippen LogP contribution in [-0.4, -0.2) is 97.6 Å². The van der Waals surface area contributed by atoms with Gasteiger partial charge >= 0.3 is 0 Å². The third-order valence-electron chi connectivity index (χ3n) is 9.74. The van der Waals surface area contributed by atoms with Crippen LogP contribution in [0.25, 0.3) is 11.3 Å². The Kier molecular flexibility index (Phi) is 6.92. The quantitative estimate of drug-likeness (QED) is 0.323. The van der Waals surface area contributed by atoms with Crippen molar-refractivity contribution in [3.63, 3.8) is 0 Å². The van der Waals surface area contributed by atoms with Gasteiger partial charge in [-0.15, -0.1) is 0 Å². The molecule has 2 aromatic rings. The number of rotatable bonds is 5. The van der Waals surface area contributed by atoms with Crippen LogP contribution >= 0.6 is 0 Å². The minimum Gasteiger partial charge on any atom is -0.510 e. The number of ketones is 3. The predicted molar refractivity (Wildman–Crippen MR) is 153 cm³/mol. The van der Waals surface area contributed by atoms with Crippen LogP contribution in [-0.2, 0) is 16.1 Å². The van der Waals surface area contributed by atoms with Gasteiger partial charge in [0.15, 0.2) is 17.2 Å². The number of fused-ring (bicyclic) bond motifs is 3. The average molecular weight is 593 g/mol. The highest BCUT2D eigenvalue weighted by Crippen LogP contribution is 2.56. The molecule has 1 saturated heterocycles. The summed E-state index contributed by atoms with van der Waals surface area (Å²) in [5.74, 6) is -7.19. The number of aliphatic hydroxyl groups excluding tert-OH is 3. The lowest BCUT2D eigenvalue weighted by Gasteiger charge is -2.53. The van der Waals surface area contributed by atoms with E-state index < -0.39 is 75.5 Å². The molecule has 0 bridgehead atoms. The number of aromatic hydroxyl groups is 1. The molecule has 11 nitrogen and oxygen atoms in total. The van der Waals surface area contributed by atoms with Gasteiger partial charge in [0.1, 0.15) is 34.4 Å². The van der Waals surface area contributed by atoms with Crippen molar-refractivity contribution in [1.29, 1.82) is 0 Å². The molecular weight excluding hydrogens is 556 g/mol. The molecule has 4 aliphatic rings. The summed E-state index contributed by atoms with van der Waals surface area (Å²) in [6.45, 7) is 5.33. The van der Waals surface area contributed by atoms with Crippen molar-refractivity contribution >= 4 is 17.3 Å². The Morgan fingerprint density at radius 3 is 2.40 bits per heavy atom. The Morgan fingerprint density at radius 1 is 1.09 bits per heavy atom. The largest absolute Gasteiger partial charge is 0.510 e. The van der Waals surface area contributed by atoms with Gasteiger partial charge in [-0.05, 0) is 76.6 Å². The number of likely N-dealkylation sites (N-methyl/N-ethyl adjacent to an activating group) is 1. The molecule has 1 aromatic heterocycles. The maximum Gasteiger partial charge on any atom is 0.209 e. The van der Waals surface area contributed by atoms with Crippen molar-refractivity contribution in [3.8, 4) is 17.1 Å². The highest BCUT2D eigenvalue weighted by molar-refractivity contribution is 6.25. The maximum absolute atomic E-state index is 14.1. The molecule has 1 fully saturated rings. The van der Waals surface area contributed by atoms with Crippen LogP contribution in [0, 0.1) is 11.8 Å². The van der Waals surface area contributed by atoms with E-state index in [1.165, 1.54) is 19.0 Å². The zero-order valence-corrected chi connectivity index (χ0v) is 24.5. The van der Waals surface area contributed by atoms with E-state index in [2.05, 4.69) is 4.90 Å². The molecule has 0 unspecified atom stereocenters. The first-order valence-electron chi connectivity index (χ1n) is 14.5. The van der Waals surface area contributed by atoms with Crippen molar-refractivity contribution in [2.45, 2.75) is 56.9 Å². The molecule has 1 aromatic carbocycles. The van der Waals surface area contributed by atoms with Crippen molar-refractivity contribution in [2.75, 3.05) is 27.2 Å². The number of aliphatic hydroxyl groups is 4. The van der Waals surface area contributed by atoms with E-state index in [1.807, 2.05) is 6.07 Å². The molecule has 0 saturated carbocycles. The molecule has 1 aliphatic heterocycles. The number of Topliss-reactive ketones (excluding diaryl/α,β-unsaturated/α-hetero) is 3. The number of carbonyl (C=O) groups is 3. The Bertz CT molecular complexity index is 1610. The van der Waals surface area contributed by atoms with Gasteiger partial charge in [0.2, 0.25) is 5.78 Å². The number of likely N-dealkylation sites (tertiary alicyclic amines) is 1. The molecule has 0 spiro atoms. The van der Waals surface area contributed by atoms with E-state index in [0.29, 0.717) is 23.6 Å². The Hall–Kier alpha value is -3.77. The number of phenols is 1. The van der Waals surface area contributed by atoms with Crippen LogP contribution in [0.2, 0.25) is 0 Å². The molecule has 43 heavy (non-hydrogen) atoms. The van der Waals surface area contributed by atoms with Gasteiger partial charge < -0.3 is 29.9 Å². The predicted octanol–water partition coefficient (Wildman–Crippen LogP) is 2.61. The molecule has 2 heterocycles. The van der Waals surface area contributed by atoms with Crippen LogP contribution in [0.4, 0.5) is 0 Å². The van der Waals surface area contributed by atoms with Crippen molar-refractivity contribution in [3.05, 3.63) is 63.8 Å².